The molecule has 0 saturated carbocycles. The summed E-state index contributed by atoms with van der Waals surface area (Å²) in [5.74, 6) is 0.643. The predicted octanol–water partition coefficient (Wildman–Crippen LogP) is 2.10. The zero-order valence-corrected chi connectivity index (χ0v) is 17.3. The van der Waals surface area contributed by atoms with Crippen molar-refractivity contribution in [2.75, 3.05) is 25.4 Å². The van der Waals surface area contributed by atoms with Gasteiger partial charge in [-0.2, -0.15) is 0 Å². The van der Waals surface area contributed by atoms with Gasteiger partial charge >= 0.3 is 0 Å². The van der Waals surface area contributed by atoms with Crippen LogP contribution in [0.5, 0.6) is 0 Å². The van der Waals surface area contributed by atoms with Crippen LogP contribution in [-0.4, -0.2) is 64.0 Å². The third-order valence-electron chi connectivity index (χ3n) is 8.69. The van der Waals surface area contributed by atoms with Crippen molar-refractivity contribution in [1.82, 2.24) is 9.80 Å². The zero-order chi connectivity index (χ0) is 20.6. The summed E-state index contributed by atoms with van der Waals surface area (Å²) < 4.78 is -0.0174. The van der Waals surface area contributed by atoms with Gasteiger partial charge in [0.25, 0.3) is 5.91 Å². The zero-order valence-electron chi connectivity index (χ0n) is 17.3. The molecule has 160 valence electrons. The summed E-state index contributed by atoms with van der Waals surface area (Å²) >= 11 is 0. The highest BCUT2D eigenvalue weighted by Gasteiger charge is 2.57. The molecule has 4 saturated heterocycles. The molecular weight excluding hydrogens is 380 g/mol. The number of anilines is 1. The van der Waals surface area contributed by atoms with Gasteiger partial charge in [-0.15, -0.1) is 0 Å². The number of rotatable bonds is 1. The van der Waals surface area contributed by atoms with Crippen LogP contribution < -0.4 is 5.73 Å². The van der Waals surface area contributed by atoms with Crippen molar-refractivity contribution in [2.24, 2.45) is 11.8 Å². The van der Waals surface area contributed by atoms with Crippen LogP contribution >= 0.6 is 0 Å². The Bertz CT molecular complexity index is 916. The Morgan fingerprint density at radius 2 is 1.83 bits per heavy atom. The SMILES string of the molecule is Nc1cccc2c1CN(C1CC[C@@H]3[C@H]4CCC[N+]5([O-])CCC[C@@H](CN3C1=O)[C@@H]45)C2=O. The Morgan fingerprint density at radius 3 is 2.63 bits per heavy atom. The van der Waals surface area contributed by atoms with Gasteiger partial charge in [-0.05, 0) is 50.7 Å². The Morgan fingerprint density at radius 1 is 1.03 bits per heavy atom. The van der Waals surface area contributed by atoms with Crippen LogP contribution in [0.3, 0.4) is 0 Å². The van der Waals surface area contributed by atoms with Crippen molar-refractivity contribution in [2.45, 2.75) is 63.2 Å². The summed E-state index contributed by atoms with van der Waals surface area (Å²) in [6.45, 7) is 2.62. The van der Waals surface area contributed by atoms with Gasteiger partial charge in [-0.25, -0.2) is 0 Å². The molecule has 1 aromatic rings. The molecule has 1 aromatic carbocycles. The fourth-order valence-electron chi connectivity index (χ4n) is 7.47. The fourth-order valence-corrected chi connectivity index (χ4v) is 7.47. The number of carbonyl (C=O) groups is 2. The Labute approximate surface area is 177 Å². The van der Waals surface area contributed by atoms with Crippen LogP contribution in [0, 0.1) is 17.0 Å². The number of piperidine rings is 4. The maximum absolute atomic E-state index is 13.7. The number of nitrogens with two attached hydrogens (primary N) is 1. The standard InChI is InChI=1S/C23H30N4O3/c24-18-7-1-5-15-17(18)13-26(22(15)28)20-9-8-19-16-6-3-11-27(30)10-2-4-14(21(16)27)12-25(19)23(20)29/h1,5,7,14,16,19-21H,2-4,6,8-13,24H2/t14-,16+,19+,20?,21-,27?/m0/s1. The number of amides is 2. The lowest BCUT2D eigenvalue weighted by molar-refractivity contribution is -0.925. The quantitative estimate of drug-likeness (QED) is 0.436. The molecule has 0 radical (unpaired) electrons. The van der Waals surface area contributed by atoms with E-state index in [0.717, 1.165) is 50.8 Å². The minimum atomic E-state index is -0.407. The molecule has 0 spiro atoms. The fraction of sp³-hybridized carbons (Fsp3) is 0.652. The largest absolute Gasteiger partial charge is 0.633 e. The average Bonchev–Trinajstić information content (AvgIpc) is 3.07. The number of quaternary nitrogens is 1. The Kier molecular flexibility index (Phi) is 4.00. The average molecular weight is 411 g/mol. The number of nitrogens with zero attached hydrogens (tertiary/aromatic N) is 3. The van der Waals surface area contributed by atoms with E-state index in [9.17, 15) is 14.8 Å². The topological polar surface area (TPSA) is 89.7 Å². The first kappa shape index (κ1) is 18.6. The minimum absolute atomic E-state index is 0.0174. The van der Waals surface area contributed by atoms with Gasteiger partial charge in [-0.3, -0.25) is 9.59 Å². The van der Waals surface area contributed by atoms with Crippen LogP contribution in [0.4, 0.5) is 5.69 Å². The lowest BCUT2D eigenvalue weighted by Crippen LogP contribution is -2.73. The van der Waals surface area contributed by atoms with Crippen LogP contribution in [0.15, 0.2) is 18.2 Å². The van der Waals surface area contributed by atoms with Crippen molar-refractivity contribution >= 4 is 17.5 Å². The van der Waals surface area contributed by atoms with Gasteiger partial charge in [0, 0.05) is 47.8 Å². The summed E-state index contributed by atoms with van der Waals surface area (Å²) in [7, 11) is 0. The monoisotopic (exact) mass is 410 g/mol. The third kappa shape index (κ3) is 2.45. The van der Waals surface area contributed by atoms with Gasteiger partial charge in [0.05, 0.1) is 19.1 Å². The van der Waals surface area contributed by atoms with Crippen molar-refractivity contribution in [1.29, 1.82) is 0 Å². The van der Waals surface area contributed by atoms with Crippen LogP contribution in [0.25, 0.3) is 0 Å². The molecule has 30 heavy (non-hydrogen) atoms. The number of hydrogen-bond donors (Lipinski definition) is 1. The van der Waals surface area contributed by atoms with Gasteiger partial charge in [0.1, 0.15) is 6.04 Å². The van der Waals surface area contributed by atoms with E-state index in [4.69, 9.17) is 5.73 Å². The number of nitrogen functional groups attached to an aromatic ring is 1. The highest BCUT2D eigenvalue weighted by Crippen LogP contribution is 2.48. The highest BCUT2D eigenvalue weighted by atomic mass is 16.5. The van der Waals surface area contributed by atoms with E-state index in [0.29, 0.717) is 42.6 Å². The number of carbonyl (C=O) groups excluding carboxylic acids is 2. The van der Waals surface area contributed by atoms with E-state index in [-0.39, 0.29) is 28.5 Å². The van der Waals surface area contributed by atoms with E-state index in [1.807, 2.05) is 12.1 Å². The van der Waals surface area contributed by atoms with Gasteiger partial charge < -0.3 is 25.4 Å². The highest BCUT2D eigenvalue weighted by molar-refractivity contribution is 6.02. The first-order chi connectivity index (χ1) is 14.5. The Balaban J connectivity index is 1.28. The first-order valence-corrected chi connectivity index (χ1v) is 11.5. The molecule has 5 aliphatic heterocycles. The number of hydrogen-bond acceptors (Lipinski definition) is 4. The van der Waals surface area contributed by atoms with Crippen molar-refractivity contribution in [3.8, 4) is 0 Å². The molecule has 6 atom stereocenters. The van der Waals surface area contributed by atoms with Crippen molar-refractivity contribution in [3.63, 3.8) is 0 Å². The molecule has 2 N–H and O–H groups in total. The van der Waals surface area contributed by atoms with Gasteiger partial charge in [0.2, 0.25) is 5.91 Å². The molecule has 5 aliphatic rings. The molecule has 2 amide bonds. The molecule has 2 unspecified atom stereocenters. The normalized spacial score (nSPS) is 40.1. The second kappa shape index (κ2) is 6.44. The molecular formula is C23H30N4O3. The van der Waals surface area contributed by atoms with E-state index in [1.54, 1.807) is 11.0 Å². The molecule has 5 heterocycles. The van der Waals surface area contributed by atoms with E-state index >= 15 is 0 Å². The van der Waals surface area contributed by atoms with Crippen LogP contribution in [-0.2, 0) is 11.3 Å². The maximum atomic E-state index is 13.7. The third-order valence-corrected chi connectivity index (χ3v) is 8.69. The van der Waals surface area contributed by atoms with Gasteiger partial charge in [0.15, 0.2) is 0 Å². The number of hydroxylamine groups is 3. The summed E-state index contributed by atoms with van der Waals surface area (Å²) in [4.78, 5) is 30.5. The molecule has 0 aromatic heterocycles. The summed E-state index contributed by atoms with van der Waals surface area (Å²) in [6.07, 6.45) is 5.62. The first-order valence-electron chi connectivity index (χ1n) is 11.5. The smallest absolute Gasteiger partial charge is 0.255 e. The molecule has 0 bridgehead atoms. The van der Waals surface area contributed by atoms with E-state index < -0.39 is 6.04 Å². The van der Waals surface area contributed by atoms with Crippen LogP contribution in [0.1, 0.15) is 54.4 Å². The molecule has 7 heteroatoms. The molecule has 7 nitrogen and oxygen atoms in total. The van der Waals surface area contributed by atoms with Crippen LogP contribution in [0.2, 0.25) is 0 Å². The van der Waals surface area contributed by atoms with Crippen molar-refractivity contribution < 1.29 is 14.2 Å². The number of benzene rings is 1. The summed E-state index contributed by atoms with van der Waals surface area (Å²) in [5, 5.41) is 13.5. The lowest BCUT2D eigenvalue weighted by Gasteiger charge is -2.65. The van der Waals surface area contributed by atoms with Gasteiger partial charge in [-0.1, -0.05) is 6.07 Å². The second-order valence-electron chi connectivity index (χ2n) is 10.1. The van der Waals surface area contributed by atoms with Crippen molar-refractivity contribution in [3.05, 3.63) is 34.5 Å². The lowest BCUT2D eigenvalue weighted by atomic mass is 9.67. The van der Waals surface area contributed by atoms with E-state index in [1.165, 1.54) is 0 Å². The molecule has 0 aliphatic carbocycles. The Hall–Kier alpha value is -2.12. The predicted molar refractivity (Wildman–Crippen MR) is 112 cm³/mol. The number of fused-ring (bicyclic) bond motifs is 3. The minimum Gasteiger partial charge on any atom is -0.633 e. The molecule has 4 fully saturated rings. The molecule has 6 rings (SSSR count). The van der Waals surface area contributed by atoms with E-state index in [2.05, 4.69) is 4.90 Å². The maximum Gasteiger partial charge on any atom is 0.255 e. The summed E-state index contributed by atoms with van der Waals surface area (Å²) in [6, 6.07) is 5.37. The summed E-state index contributed by atoms with van der Waals surface area (Å²) in [5.41, 5.74) is 8.21. The second-order valence-corrected chi connectivity index (χ2v) is 10.1.